The smallest absolute Gasteiger partial charge is 0.407 e. The fourth-order valence-electron chi connectivity index (χ4n) is 6.14. The van der Waals surface area contributed by atoms with Gasteiger partial charge in [-0.05, 0) is 54.9 Å². The van der Waals surface area contributed by atoms with Gasteiger partial charge in [-0.1, -0.05) is 30.3 Å². The third-order valence-corrected chi connectivity index (χ3v) is 8.65. The molecule has 0 spiro atoms. The molecule has 3 aromatic rings. The van der Waals surface area contributed by atoms with Crippen LogP contribution in [0.15, 0.2) is 54.9 Å². The molecule has 2 aromatic heterocycles. The molecule has 6 rings (SSSR count). The number of urea groups is 1. The van der Waals surface area contributed by atoms with E-state index in [4.69, 9.17) is 4.74 Å². The van der Waals surface area contributed by atoms with Crippen LogP contribution in [0.3, 0.4) is 0 Å². The van der Waals surface area contributed by atoms with Crippen molar-refractivity contribution < 1.29 is 23.9 Å². The Labute approximate surface area is 250 Å². The van der Waals surface area contributed by atoms with E-state index >= 15 is 0 Å². The predicted octanol–water partition coefficient (Wildman–Crippen LogP) is 2.88. The van der Waals surface area contributed by atoms with Crippen molar-refractivity contribution in [2.24, 2.45) is 0 Å². The van der Waals surface area contributed by atoms with Crippen molar-refractivity contribution in [2.45, 2.75) is 50.7 Å². The van der Waals surface area contributed by atoms with Gasteiger partial charge in [-0.25, -0.2) is 14.6 Å². The molecule has 3 saturated heterocycles. The molecule has 0 bridgehead atoms. The number of hydrogen-bond donors (Lipinski definition) is 2. The van der Waals surface area contributed by atoms with E-state index in [1.807, 2.05) is 51.9 Å². The van der Waals surface area contributed by atoms with Gasteiger partial charge in [0.2, 0.25) is 11.8 Å². The number of alkyl carbamates (subject to hydrolysis) is 1. The minimum absolute atomic E-state index is 0.0510. The van der Waals surface area contributed by atoms with Crippen LogP contribution >= 0.6 is 0 Å². The van der Waals surface area contributed by atoms with E-state index in [1.54, 1.807) is 6.20 Å². The number of rotatable bonds is 7. The molecule has 5 amide bonds. The Hall–Kier alpha value is -4.45. The molecule has 0 saturated carbocycles. The molecule has 3 aliphatic heterocycles. The lowest BCUT2D eigenvalue weighted by atomic mass is 9.90. The Morgan fingerprint density at radius 1 is 0.977 bits per heavy atom. The van der Waals surface area contributed by atoms with Crippen LogP contribution in [-0.2, 0) is 20.9 Å². The van der Waals surface area contributed by atoms with Gasteiger partial charge in [-0.15, -0.1) is 0 Å². The fraction of sp³-hybridized carbons (Fsp3) is 0.452. The van der Waals surface area contributed by atoms with Crippen LogP contribution in [0.2, 0.25) is 0 Å². The van der Waals surface area contributed by atoms with Crippen LogP contribution < -0.4 is 15.5 Å². The Kier molecular flexibility index (Phi) is 8.55. The zero-order chi connectivity index (χ0) is 29.8. The minimum Gasteiger partial charge on any atom is -0.445 e. The van der Waals surface area contributed by atoms with Crippen molar-refractivity contribution >= 4 is 35.4 Å². The second-order valence-electron chi connectivity index (χ2n) is 11.5. The first-order chi connectivity index (χ1) is 20.9. The normalized spacial score (nSPS) is 19.0. The highest BCUT2D eigenvalue weighted by molar-refractivity contribution is 6.05. The first-order valence-electron chi connectivity index (χ1n) is 15.0. The van der Waals surface area contributed by atoms with Gasteiger partial charge in [0, 0.05) is 51.4 Å². The van der Waals surface area contributed by atoms with Gasteiger partial charge in [-0.2, -0.15) is 0 Å². The molecule has 3 fully saturated rings. The summed E-state index contributed by atoms with van der Waals surface area (Å²) in [6, 6.07) is 13.3. The Bertz CT molecular complexity index is 1480. The molecule has 0 radical (unpaired) electrons. The van der Waals surface area contributed by atoms with E-state index in [9.17, 15) is 19.2 Å². The van der Waals surface area contributed by atoms with Gasteiger partial charge in [0.25, 0.3) is 0 Å². The number of pyridine rings is 1. The van der Waals surface area contributed by atoms with Crippen molar-refractivity contribution in [3.63, 3.8) is 0 Å². The van der Waals surface area contributed by atoms with Gasteiger partial charge in [0.05, 0.1) is 12.7 Å². The second-order valence-corrected chi connectivity index (χ2v) is 11.5. The van der Waals surface area contributed by atoms with Crippen molar-refractivity contribution in [3.05, 3.63) is 66.0 Å². The summed E-state index contributed by atoms with van der Waals surface area (Å²) in [5.74, 6) is 0.847. The molecule has 12 heteroatoms. The monoisotopic (exact) mass is 587 g/mol. The van der Waals surface area contributed by atoms with Gasteiger partial charge >= 0.3 is 12.1 Å². The molecule has 226 valence electrons. The number of anilines is 1. The van der Waals surface area contributed by atoms with Crippen LogP contribution in [0, 0.1) is 0 Å². The summed E-state index contributed by atoms with van der Waals surface area (Å²) in [6.45, 7) is 3.91. The van der Waals surface area contributed by atoms with Crippen LogP contribution in [0.25, 0.3) is 5.65 Å². The number of aromatic nitrogens is 2. The van der Waals surface area contributed by atoms with E-state index in [-0.39, 0.29) is 30.9 Å². The van der Waals surface area contributed by atoms with Crippen LogP contribution in [0.1, 0.15) is 49.1 Å². The lowest BCUT2D eigenvalue weighted by molar-refractivity contribution is -0.133. The molecule has 0 aliphatic carbocycles. The molecule has 0 atom stereocenters. The summed E-state index contributed by atoms with van der Waals surface area (Å²) in [7, 11) is 0. The minimum atomic E-state index is -0.431. The number of nitrogens with one attached hydrogen (secondary N) is 2. The number of likely N-dealkylation sites (tertiary alicyclic amines) is 2. The zero-order valence-electron chi connectivity index (χ0n) is 24.1. The topological polar surface area (TPSA) is 129 Å². The fourth-order valence-corrected chi connectivity index (χ4v) is 6.14. The first kappa shape index (κ1) is 28.7. The average molecular weight is 588 g/mol. The number of hydrogen-bond acceptors (Lipinski definition) is 7. The number of carbonyl (C=O) groups is 4. The number of imidazole rings is 1. The van der Waals surface area contributed by atoms with Crippen molar-refractivity contribution in [1.29, 1.82) is 0 Å². The third-order valence-electron chi connectivity index (χ3n) is 8.65. The summed E-state index contributed by atoms with van der Waals surface area (Å²) in [5, 5.41) is 5.31. The van der Waals surface area contributed by atoms with Gasteiger partial charge < -0.3 is 15.0 Å². The lowest BCUT2D eigenvalue weighted by Gasteiger charge is -2.36. The van der Waals surface area contributed by atoms with E-state index < -0.39 is 12.1 Å². The van der Waals surface area contributed by atoms with Crippen molar-refractivity contribution in [3.8, 4) is 0 Å². The summed E-state index contributed by atoms with van der Waals surface area (Å²) >= 11 is 0. The number of benzene rings is 1. The standard InChI is InChI=1S/C31H37N7O5/c39-27-11-17-38(30(41)34-27)28-19-32-26-18-24(8-16-37(26)28)23-6-14-36(15-7-23)29(40)20-35-12-9-25(10-13-35)33-31(42)43-21-22-4-2-1-3-5-22/h1-5,8,16,18-19,23,25H,6-7,9-15,17,20-21H2,(H,33,42)(H,34,39,41). The second kappa shape index (κ2) is 12.8. The van der Waals surface area contributed by atoms with Gasteiger partial charge in [0.1, 0.15) is 18.1 Å². The van der Waals surface area contributed by atoms with E-state index in [2.05, 4.69) is 26.6 Å². The Morgan fingerprint density at radius 3 is 2.49 bits per heavy atom. The SMILES string of the molecule is O=C1CCN(c2cnc3cc(C4CCN(C(=O)CN5CCC(NC(=O)OCc6ccccc6)CC5)CC4)ccn23)C(=O)N1. The number of fused-ring (bicyclic) bond motifs is 1. The predicted molar refractivity (Wildman–Crippen MR) is 158 cm³/mol. The van der Waals surface area contributed by atoms with E-state index in [1.165, 1.54) is 10.5 Å². The Morgan fingerprint density at radius 2 is 1.74 bits per heavy atom. The maximum atomic E-state index is 13.1. The number of ether oxygens (including phenoxy) is 1. The maximum absolute atomic E-state index is 13.1. The van der Waals surface area contributed by atoms with E-state index in [0.29, 0.717) is 37.9 Å². The van der Waals surface area contributed by atoms with Gasteiger partial charge in [-0.3, -0.25) is 29.1 Å². The lowest BCUT2D eigenvalue weighted by Crippen LogP contribution is -2.50. The van der Waals surface area contributed by atoms with Crippen LogP contribution in [0.4, 0.5) is 15.4 Å². The highest BCUT2D eigenvalue weighted by Crippen LogP contribution is 2.30. The molecular formula is C31H37N7O5. The zero-order valence-corrected chi connectivity index (χ0v) is 24.1. The molecule has 1 aromatic carbocycles. The number of piperidine rings is 2. The number of imide groups is 1. The molecule has 12 nitrogen and oxygen atoms in total. The summed E-state index contributed by atoms with van der Waals surface area (Å²) in [5.41, 5.74) is 2.87. The van der Waals surface area contributed by atoms with E-state index in [0.717, 1.165) is 50.0 Å². The number of amides is 5. The summed E-state index contributed by atoms with van der Waals surface area (Å²) in [6.07, 6.45) is 6.77. The molecule has 0 unspecified atom stereocenters. The van der Waals surface area contributed by atoms with Gasteiger partial charge in [0.15, 0.2) is 0 Å². The van der Waals surface area contributed by atoms with Crippen LogP contribution in [0.5, 0.6) is 0 Å². The number of nitrogens with zero attached hydrogens (tertiary/aromatic N) is 5. The molecule has 2 N–H and O–H groups in total. The average Bonchev–Trinajstić information content (AvgIpc) is 3.45. The molecule has 43 heavy (non-hydrogen) atoms. The quantitative estimate of drug-likeness (QED) is 0.435. The number of carbonyl (C=O) groups excluding carboxylic acids is 4. The Balaban J connectivity index is 0.935. The highest BCUT2D eigenvalue weighted by atomic mass is 16.5. The van der Waals surface area contributed by atoms with Crippen molar-refractivity contribution in [2.75, 3.05) is 44.2 Å². The summed E-state index contributed by atoms with van der Waals surface area (Å²) < 4.78 is 7.21. The third kappa shape index (κ3) is 6.80. The highest BCUT2D eigenvalue weighted by Gasteiger charge is 2.29. The van der Waals surface area contributed by atoms with Crippen LogP contribution in [-0.4, -0.2) is 88.4 Å². The largest absolute Gasteiger partial charge is 0.445 e. The maximum Gasteiger partial charge on any atom is 0.407 e. The molecule has 3 aliphatic rings. The summed E-state index contributed by atoms with van der Waals surface area (Å²) in [4.78, 5) is 59.3. The first-order valence-corrected chi connectivity index (χ1v) is 15.0. The molecule has 5 heterocycles. The molecular weight excluding hydrogens is 550 g/mol. The van der Waals surface area contributed by atoms with Crippen molar-refractivity contribution in [1.82, 2.24) is 29.8 Å².